The number of halogens is 1. The normalized spacial score (nSPS) is 10.3. The molecule has 5 heteroatoms. The first-order valence-electron chi connectivity index (χ1n) is 8.52. The molecule has 0 fully saturated rings. The van der Waals surface area contributed by atoms with Gasteiger partial charge < -0.3 is 10.6 Å². The van der Waals surface area contributed by atoms with E-state index in [9.17, 15) is 14.0 Å². The summed E-state index contributed by atoms with van der Waals surface area (Å²) in [5.74, 6) is -0.943. The summed E-state index contributed by atoms with van der Waals surface area (Å²) in [5.41, 5.74) is 3.08. The minimum absolute atomic E-state index is 0.0984. The summed E-state index contributed by atoms with van der Waals surface area (Å²) in [4.78, 5) is 24.5. The van der Waals surface area contributed by atoms with Crippen LogP contribution in [-0.4, -0.2) is 11.8 Å². The molecule has 0 aliphatic carbocycles. The molecule has 0 spiro atoms. The number of rotatable bonds is 5. The molecule has 0 bridgehead atoms. The van der Waals surface area contributed by atoms with Crippen LogP contribution in [0.15, 0.2) is 72.8 Å². The molecular weight excluding hydrogens is 343 g/mol. The molecular formula is C22H19FN2O2. The first-order chi connectivity index (χ1) is 13.0. The number of carbonyl (C=O) groups excluding carboxylic acids is 2. The molecule has 0 aliphatic rings. The summed E-state index contributed by atoms with van der Waals surface area (Å²) >= 11 is 0. The average Bonchev–Trinajstić information content (AvgIpc) is 2.69. The summed E-state index contributed by atoms with van der Waals surface area (Å²) < 4.78 is 13.6. The SMILES string of the molecule is Cc1ccc(NC(=O)c2ccc(C(=O)NCc3ccccc3F)cc2)cc1. The van der Waals surface area contributed by atoms with Crippen molar-refractivity contribution in [3.05, 3.63) is 101 Å². The second-order valence-corrected chi connectivity index (χ2v) is 6.17. The summed E-state index contributed by atoms with van der Waals surface area (Å²) in [7, 11) is 0. The Morgan fingerprint density at radius 3 is 2.04 bits per heavy atom. The van der Waals surface area contributed by atoms with E-state index < -0.39 is 0 Å². The van der Waals surface area contributed by atoms with E-state index in [1.807, 2.05) is 31.2 Å². The van der Waals surface area contributed by atoms with Crippen molar-refractivity contribution in [2.24, 2.45) is 0 Å². The molecule has 0 heterocycles. The number of nitrogens with one attached hydrogen (secondary N) is 2. The Kier molecular flexibility index (Phi) is 5.61. The first kappa shape index (κ1) is 18.3. The van der Waals surface area contributed by atoms with Crippen molar-refractivity contribution in [2.45, 2.75) is 13.5 Å². The highest BCUT2D eigenvalue weighted by Crippen LogP contribution is 2.12. The largest absolute Gasteiger partial charge is 0.348 e. The van der Waals surface area contributed by atoms with Crippen LogP contribution in [0, 0.1) is 12.7 Å². The number of carbonyl (C=O) groups is 2. The maximum Gasteiger partial charge on any atom is 0.255 e. The van der Waals surface area contributed by atoms with Gasteiger partial charge in [-0.1, -0.05) is 35.9 Å². The fourth-order valence-corrected chi connectivity index (χ4v) is 2.53. The summed E-state index contributed by atoms with van der Waals surface area (Å²) in [6.07, 6.45) is 0. The van der Waals surface area contributed by atoms with Gasteiger partial charge in [-0.3, -0.25) is 9.59 Å². The molecule has 2 amide bonds. The molecule has 0 saturated carbocycles. The van der Waals surface area contributed by atoms with Crippen LogP contribution in [0.25, 0.3) is 0 Å². The predicted octanol–water partition coefficient (Wildman–Crippen LogP) is 4.32. The molecule has 136 valence electrons. The van der Waals surface area contributed by atoms with Crippen LogP contribution in [0.3, 0.4) is 0 Å². The van der Waals surface area contributed by atoms with E-state index in [4.69, 9.17) is 0 Å². The van der Waals surface area contributed by atoms with Gasteiger partial charge in [0, 0.05) is 28.9 Å². The first-order valence-corrected chi connectivity index (χ1v) is 8.52. The number of benzene rings is 3. The molecule has 0 aliphatic heterocycles. The third-order valence-electron chi connectivity index (χ3n) is 4.12. The molecule has 27 heavy (non-hydrogen) atoms. The molecule has 2 N–H and O–H groups in total. The van der Waals surface area contributed by atoms with Crippen molar-refractivity contribution in [2.75, 3.05) is 5.32 Å². The second kappa shape index (κ2) is 8.27. The van der Waals surface area contributed by atoms with Gasteiger partial charge in [0.15, 0.2) is 0 Å². The predicted molar refractivity (Wildman–Crippen MR) is 103 cm³/mol. The molecule has 3 rings (SSSR count). The van der Waals surface area contributed by atoms with Gasteiger partial charge in [-0.05, 0) is 49.4 Å². The zero-order valence-corrected chi connectivity index (χ0v) is 14.8. The van der Waals surface area contributed by atoms with E-state index in [-0.39, 0.29) is 24.2 Å². The van der Waals surface area contributed by atoms with Gasteiger partial charge in [-0.15, -0.1) is 0 Å². The highest BCUT2D eigenvalue weighted by molar-refractivity contribution is 6.05. The third kappa shape index (κ3) is 4.79. The molecule has 0 radical (unpaired) electrons. The van der Waals surface area contributed by atoms with E-state index in [0.29, 0.717) is 22.4 Å². The molecule has 4 nitrogen and oxygen atoms in total. The number of hydrogen-bond donors (Lipinski definition) is 2. The van der Waals surface area contributed by atoms with E-state index in [0.717, 1.165) is 5.56 Å². The van der Waals surface area contributed by atoms with Gasteiger partial charge in [0.1, 0.15) is 5.82 Å². The Hall–Kier alpha value is -3.47. The van der Waals surface area contributed by atoms with Crippen molar-refractivity contribution in [3.8, 4) is 0 Å². The summed E-state index contributed by atoms with van der Waals surface area (Å²) in [6.45, 7) is 2.07. The van der Waals surface area contributed by atoms with Crippen molar-refractivity contribution in [1.29, 1.82) is 0 Å². The smallest absolute Gasteiger partial charge is 0.255 e. The quantitative estimate of drug-likeness (QED) is 0.710. The lowest BCUT2D eigenvalue weighted by molar-refractivity contribution is 0.0948. The fraction of sp³-hybridized carbons (Fsp3) is 0.0909. The molecule has 0 unspecified atom stereocenters. The Morgan fingerprint density at radius 1 is 0.815 bits per heavy atom. The highest BCUT2D eigenvalue weighted by atomic mass is 19.1. The minimum atomic E-state index is -0.360. The van der Waals surface area contributed by atoms with Gasteiger partial charge in [-0.25, -0.2) is 4.39 Å². The Morgan fingerprint density at radius 2 is 1.41 bits per heavy atom. The van der Waals surface area contributed by atoms with E-state index >= 15 is 0 Å². The van der Waals surface area contributed by atoms with Crippen LogP contribution < -0.4 is 10.6 Å². The maximum atomic E-state index is 13.6. The Bertz CT molecular complexity index is 951. The van der Waals surface area contributed by atoms with Crippen LogP contribution in [-0.2, 0) is 6.54 Å². The standard InChI is InChI=1S/C22H19FN2O2/c1-15-6-12-19(13-7-15)25-22(27)17-10-8-16(9-11-17)21(26)24-14-18-4-2-3-5-20(18)23/h2-13H,14H2,1H3,(H,24,26)(H,25,27). The summed E-state index contributed by atoms with van der Waals surface area (Å²) in [5, 5.41) is 5.48. The molecule has 0 atom stereocenters. The molecule has 0 aromatic heterocycles. The molecule has 0 saturated heterocycles. The van der Waals surface area contributed by atoms with Crippen LogP contribution in [0.2, 0.25) is 0 Å². The van der Waals surface area contributed by atoms with E-state index in [1.165, 1.54) is 6.07 Å². The van der Waals surface area contributed by atoms with Crippen LogP contribution >= 0.6 is 0 Å². The lowest BCUT2D eigenvalue weighted by Crippen LogP contribution is -2.23. The van der Waals surface area contributed by atoms with Crippen LogP contribution in [0.5, 0.6) is 0 Å². The van der Waals surface area contributed by atoms with Gasteiger partial charge in [0.2, 0.25) is 0 Å². The minimum Gasteiger partial charge on any atom is -0.348 e. The monoisotopic (exact) mass is 362 g/mol. The fourth-order valence-electron chi connectivity index (χ4n) is 2.53. The van der Waals surface area contributed by atoms with E-state index in [2.05, 4.69) is 10.6 Å². The van der Waals surface area contributed by atoms with Crippen molar-refractivity contribution >= 4 is 17.5 Å². The number of amides is 2. The zero-order valence-electron chi connectivity index (χ0n) is 14.8. The van der Waals surface area contributed by atoms with Crippen molar-refractivity contribution < 1.29 is 14.0 Å². The second-order valence-electron chi connectivity index (χ2n) is 6.17. The lowest BCUT2D eigenvalue weighted by atomic mass is 10.1. The topological polar surface area (TPSA) is 58.2 Å². The summed E-state index contributed by atoms with van der Waals surface area (Å²) in [6, 6.07) is 20.1. The van der Waals surface area contributed by atoms with Crippen LogP contribution in [0.4, 0.5) is 10.1 Å². The third-order valence-corrected chi connectivity index (χ3v) is 4.12. The van der Waals surface area contributed by atoms with Gasteiger partial charge in [-0.2, -0.15) is 0 Å². The van der Waals surface area contributed by atoms with Gasteiger partial charge in [0.25, 0.3) is 11.8 Å². The Labute approximate surface area is 157 Å². The number of hydrogen-bond acceptors (Lipinski definition) is 2. The number of aryl methyl sites for hydroxylation is 1. The molecule has 3 aromatic rings. The maximum absolute atomic E-state index is 13.6. The zero-order chi connectivity index (χ0) is 19.2. The highest BCUT2D eigenvalue weighted by Gasteiger charge is 2.10. The van der Waals surface area contributed by atoms with Gasteiger partial charge in [0.05, 0.1) is 0 Å². The van der Waals surface area contributed by atoms with Crippen molar-refractivity contribution in [1.82, 2.24) is 5.32 Å². The van der Waals surface area contributed by atoms with Crippen LogP contribution in [0.1, 0.15) is 31.8 Å². The lowest BCUT2D eigenvalue weighted by Gasteiger charge is -2.08. The van der Waals surface area contributed by atoms with Crippen molar-refractivity contribution in [3.63, 3.8) is 0 Å². The Balaban J connectivity index is 1.60. The number of anilines is 1. The van der Waals surface area contributed by atoms with E-state index in [1.54, 1.807) is 42.5 Å². The van der Waals surface area contributed by atoms with Gasteiger partial charge >= 0.3 is 0 Å². The average molecular weight is 362 g/mol. The molecule has 3 aromatic carbocycles.